The fourth-order valence-electron chi connectivity index (χ4n) is 2.51. The van der Waals surface area contributed by atoms with Crippen LogP contribution in [0.2, 0.25) is 0 Å². The fourth-order valence-corrected chi connectivity index (χ4v) is 4.14. The fraction of sp³-hybridized carbons (Fsp3) is 0.471. The molecule has 24 heavy (non-hydrogen) atoms. The van der Waals surface area contributed by atoms with Gasteiger partial charge in [0.05, 0.1) is 11.8 Å². The van der Waals surface area contributed by atoms with E-state index in [2.05, 4.69) is 52.0 Å². The number of aryl methyl sites for hydroxylation is 1. The molecule has 1 saturated carbocycles. The van der Waals surface area contributed by atoms with Gasteiger partial charge in [0.15, 0.2) is 4.34 Å². The second-order valence-corrected chi connectivity index (χ2v) is 8.19. The molecule has 128 valence electrons. The first-order valence-electron chi connectivity index (χ1n) is 8.22. The van der Waals surface area contributed by atoms with E-state index in [1.165, 1.54) is 47.1 Å². The van der Waals surface area contributed by atoms with Crippen molar-refractivity contribution in [1.29, 1.82) is 0 Å². The summed E-state index contributed by atoms with van der Waals surface area (Å²) < 4.78 is 0.819. The lowest BCUT2D eigenvalue weighted by Crippen LogP contribution is -2.31. The summed E-state index contributed by atoms with van der Waals surface area (Å²) in [6.45, 7) is 4.92. The highest BCUT2D eigenvalue weighted by atomic mass is 32.2. The van der Waals surface area contributed by atoms with Gasteiger partial charge in [-0.1, -0.05) is 52.9 Å². The Morgan fingerprint density at radius 3 is 2.75 bits per heavy atom. The average molecular weight is 363 g/mol. The molecular weight excluding hydrogens is 340 g/mol. The molecule has 1 unspecified atom stereocenters. The predicted molar refractivity (Wildman–Crippen MR) is 99.6 cm³/mol. The molecule has 0 radical (unpaired) electrons. The standard InChI is InChI=1S/C17H22N4OS2/c1-3-18-16-20-21-17(24-16)23-10-14(22)19-15(13-8-9-13)12-6-4-11(2)5-7-12/h4-7,13,15H,3,8-10H2,1-2H3,(H,18,20)(H,19,22). The number of carbonyl (C=O) groups excluding carboxylic acids is 1. The highest BCUT2D eigenvalue weighted by Gasteiger charge is 2.33. The zero-order chi connectivity index (χ0) is 16.9. The van der Waals surface area contributed by atoms with Gasteiger partial charge in [-0.25, -0.2) is 0 Å². The Labute approximate surface area is 150 Å². The molecule has 0 bridgehead atoms. The van der Waals surface area contributed by atoms with Crippen molar-refractivity contribution < 1.29 is 4.79 Å². The number of aromatic nitrogens is 2. The van der Waals surface area contributed by atoms with Crippen molar-refractivity contribution in [3.8, 4) is 0 Å². The maximum Gasteiger partial charge on any atom is 0.230 e. The van der Waals surface area contributed by atoms with E-state index in [-0.39, 0.29) is 11.9 Å². The van der Waals surface area contributed by atoms with Crippen molar-refractivity contribution >= 4 is 34.1 Å². The van der Waals surface area contributed by atoms with Gasteiger partial charge in [0.2, 0.25) is 11.0 Å². The highest BCUT2D eigenvalue weighted by Crippen LogP contribution is 2.41. The minimum Gasteiger partial charge on any atom is -0.360 e. The van der Waals surface area contributed by atoms with Crippen LogP contribution in [0.25, 0.3) is 0 Å². The van der Waals surface area contributed by atoms with E-state index in [9.17, 15) is 4.79 Å². The molecule has 1 amide bonds. The van der Waals surface area contributed by atoms with Crippen LogP contribution in [0.5, 0.6) is 0 Å². The zero-order valence-corrected chi connectivity index (χ0v) is 15.5. The molecule has 0 aliphatic heterocycles. The second-order valence-electron chi connectivity index (χ2n) is 5.99. The molecule has 1 aromatic heterocycles. The van der Waals surface area contributed by atoms with E-state index in [1.807, 2.05) is 6.92 Å². The Hall–Kier alpha value is -1.60. The van der Waals surface area contributed by atoms with Crippen LogP contribution in [0.3, 0.4) is 0 Å². The topological polar surface area (TPSA) is 66.9 Å². The van der Waals surface area contributed by atoms with Crippen LogP contribution < -0.4 is 10.6 Å². The van der Waals surface area contributed by atoms with Crippen molar-refractivity contribution in [1.82, 2.24) is 15.5 Å². The third-order valence-corrected chi connectivity index (χ3v) is 5.92. The smallest absolute Gasteiger partial charge is 0.230 e. The average Bonchev–Trinajstić information content (AvgIpc) is 3.32. The lowest BCUT2D eigenvalue weighted by Gasteiger charge is -2.18. The van der Waals surface area contributed by atoms with E-state index < -0.39 is 0 Å². The Balaban J connectivity index is 1.54. The summed E-state index contributed by atoms with van der Waals surface area (Å²) >= 11 is 2.92. The summed E-state index contributed by atoms with van der Waals surface area (Å²) in [5.74, 6) is 0.997. The number of anilines is 1. The molecule has 1 fully saturated rings. The molecule has 1 heterocycles. The lowest BCUT2D eigenvalue weighted by molar-refractivity contribution is -0.119. The van der Waals surface area contributed by atoms with Crippen LogP contribution in [0.4, 0.5) is 5.13 Å². The summed E-state index contributed by atoms with van der Waals surface area (Å²) in [6, 6.07) is 8.59. The van der Waals surface area contributed by atoms with Crippen LogP contribution in [0.1, 0.15) is 36.9 Å². The van der Waals surface area contributed by atoms with Gasteiger partial charge in [0.25, 0.3) is 0 Å². The van der Waals surface area contributed by atoms with Crippen molar-refractivity contribution in [2.24, 2.45) is 5.92 Å². The molecule has 3 rings (SSSR count). The number of nitrogens with zero attached hydrogens (tertiary/aromatic N) is 2. The van der Waals surface area contributed by atoms with Crippen LogP contribution in [-0.4, -0.2) is 28.4 Å². The van der Waals surface area contributed by atoms with Gasteiger partial charge < -0.3 is 10.6 Å². The number of hydrogen-bond donors (Lipinski definition) is 2. The summed E-state index contributed by atoms with van der Waals surface area (Å²) in [4.78, 5) is 12.3. The molecule has 1 aliphatic carbocycles. The first-order valence-corrected chi connectivity index (χ1v) is 10.0. The van der Waals surface area contributed by atoms with Gasteiger partial charge in [0.1, 0.15) is 0 Å². The maximum absolute atomic E-state index is 12.3. The maximum atomic E-state index is 12.3. The van der Waals surface area contributed by atoms with Crippen molar-refractivity contribution in [2.45, 2.75) is 37.1 Å². The molecule has 0 saturated heterocycles. The Bertz CT molecular complexity index is 682. The van der Waals surface area contributed by atoms with Crippen molar-refractivity contribution in [2.75, 3.05) is 17.6 Å². The third-order valence-electron chi connectivity index (χ3n) is 3.91. The Morgan fingerprint density at radius 2 is 2.08 bits per heavy atom. The normalized spacial score (nSPS) is 15.1. The largest absolute Gasteiger partial charge is 0.360 e. The van der Waals surface area contributed by atoms with Crippen molar-refractivity contribution in [3.63, 3.8) is 0 Å². The van der Waals surface area contributed by atoms with Gasteiger partial charge in [-0.3, -0.25) is 4.79 Å². The minimum atomic E-state index is 0.0534. The number of amides is 1. The Kier molecular flexibility index (Phi) is 5.73. The molecule has 1 atom stereocenters. The number of thioether (sulfide) groups is 1. The van der Waals surface area contributed by atoms with E-state index >= 15 is 0 Å². The van der Waals surface area contributed by atoms with Crippen LogP contribution in [0.15, 0.2) is 28.6 Å². The van der Waals surface area contributed by atoms with E-state index in [4.69, 9.17) is 0 Å². The number of hydrogen-bond acceptors (Lipinski definition) is 6. The molecule has 1 aliphatic rings. The molecule has 0 spiro atoms. The van der Waals surface area contributed by atoms with Gasteiger partial charge in [-0.2, -0.15) is 0 Å². The lowest BCUT2D eigenvalue weighted by atomic mass is 10.0. The summed E-state index contributed by atoms with van der Waals surface area (Å²) in [5, 5.41) is 15.3. The number of benzene rings is 1. The number of carbonyl (C=O) groups is 1. The molecular formula is C17H22N4OS2. The van der Waals surface area contributed by atoms with E-state index in [0.29, 0.717) is 11.7 Å². The summed E-state index contributed by atoms with van der Waals surface area (Å²) in [6.07, 6.45) is 2.38. The molecule has 2 N–H and O–H groups in total. The highest BCUT2D eigenvalue weighted by molar-refractivity contribution is 8.01. The summed E-state index contributed by atoms with van der Waals surface area (Å²) in [5.41, 5.74) is 2.44. The first kappa shape index (κ1) is 17.2. The van der Waals surface area contributed by atoms with E-state index in [0.717, 1.165) is 16.0 Å². The SMILES string of the molecule is CCNc1nnc(SCC(=O)NC(c2ccc(C)cc2)C2CC2)s1. The van der Waals surface area contributed by atoms with Crippen LogP contribution >= 0.6 is 23.1 Å². The van der Waals surface area contributed by atoms with Crippen LogP contribution in [-0.2, 0) is 4.79 Å². The monoisotopic (exact) mass is 362 g/mol. The second kappa shape index (κ2) is 7.98. The summed E-state index contributed by atoms with van der Waals surface area (Å²) in [7, 11) is 0. The molecule has 7 heteroatoms. The molecule has 5 nitrogen and oxygen atoms in total. The van der Waals surface area contributed by atoms with Crippen LogP contribution in [0, 0.1) is 12.8 Å². The third kappa shape index (κ3) is 4.70. The predicted octanol–water partition coefficient (Wildman–Crippen LogP) is 3.64. The number of rotatable bonds is 8. The minimum absolute atomic E-state index is 0.0534. The first-order chi connectivity index (χ1) is 11.7. The quantitative estimate of drug-likeness (QED) is 0.702. The zero-order valence-electron chi connectivity index (χ0n) is 13.9. The van der Waals surface area contributed by atoms with Gasteiger partial charge >= 0.3 is 0 Å². The van der Waals surface area contributed by atoms with Gasteiger partial charge in [0, 0.05) is 6.54 Å². The van der Waals surface area contributed by atoms with Gasteiger partial charge in [-0.05, 0) is 38.2 Å². The number of nitrogens with one attached hydrogen (secondary N) is 2. The van der Waals surface area contributed by atoms with Gasteiger partial charge in [-0.15, -0.1) is 10.2 Å². The molecule has 1 aromatic carbocycles. The Morgan fingerprint density at radius 1 is 1.33 bits per heavy atom. The molecule has 2 aromatic rings. The van der Waals surface area contributed by atoms with Crippen molar-refractivity contribution in [3.05, 3.63) is 35.4 Å². The van der Waals surface area contributed by atoms with E-state index in [1.54, 1.807) is 0 Å².